The Morgan fingerprint density at radius 1 is 0.657 bits per heavy atom. The fraction of sp³-hybridized carbons (Fsp3) is 0.267. The highest BCUT2D eigenvalue weighted by Crippen LogP contribution is 2.36. The van der Waals surface area contributed by atoms with Gasteiger partial charge in [0.25, 0.3) is 0 Å². The van der Waals surface area contributed by atoms with Crippen molar-refractivity contribution < 1.29 is 22.3 Å². The van der Waals surface area contributed by atoms with Gasteiger partial charge in [0.15, 0.2) is 17.4 Å². The zero-order valence-electron chi connectivity index (χ0n) is 19.9. The van der Waals surface area contributed by atoms with Gasteiger partial charge in [-0.3, -0.25) is 0 Å². The van der Waals surface area contributed by atoms with E-state index in [4.69, 9.17) is 0 Å². The lowest BCUT2D eigenvalue weighted by Gasteiger charge is -2.12. The van der Waals surface area contributed by atoms with Gasteiger partial charge in [-0.15, -0.1) is 0 Å². The largest absolute Gasteiger partial charge is 0.491 e. The van der Waals surface area contributed by atoms with Crippen LogP contribution in [-0.4, -0.2) is 7.11 Å². The van der Waals surface area contributed by atoms with Crippen molar-refractivity contribution in [1.29, 1.82) is 0 Å². The fourth-order valence-corrected chi connectivity index (χ4v) is 4.44. The van der Waals surface area contributed by atoms with E-state index in [1.807, 2.05) is 6.07 Å². The van der Waals surface area contributed by atoms with Crippen molar-refractivity contribution in [1.82, 2.24) is 0 Å². The van der Waals surface area contributed by atoms with Crippen LogP contribution in [0.3, 0.4) is 0 Å². The van der Waals surface area contributed by atoms with Gasteiger partial charge in [0.1, 0.15) is 5.82 Å². The first-order chi connectivity index (χ1) is 16.9. The summed E-state index contributed by atoms with van der Waals surface area (Å²) in [5, 5.41) is 0.851. The number of aryl methyl sites for hydroxylation is 1. The van der Waals surface area contributed by atoms with Crippen molar-refractivity contribution in [3.8, 4) is 28.0 Å². The number of rotatable bonds is 9. The highest BCUT2D eigenvalue weighted by atomic mass is 19.2. The molecule has 0 N–H and O–H groups in total. The van der Waals surface area contributed by atoms with E-state index in [2.05, 4.69) is 35.9 Å². The number of halogens is 4. The molecule has 0 saturated carbocycles. The molecule has 0 amide bonds. The van der Waals surface area contributed by atoms with Crippen molar-refractivity contribution >= 4 is 10.8 Å². The summed E-state index contributed by atoms with van der Waals surface area (Å²) in [7, 11) is 1.04. The number of hydrogen-bond donors (Lipinski definition) is 0. The molecule has 0 spiro atoms. The van der Waals surface area contributed by atoms with Crippen molar-refractivity contribution in [2.24, 2.45) is 0 Å². The van der Waals surface area contributed by atoms with Crippen LogP contribution in [0.25, 0.3) is 33.0 Å². The van der Waals surface area contributed by atoms with E-state index in [0.717, 1.165) is 30.7 Å². The number of methoxy groups -OCH3 is 1. The molecule has 182 valence electrons. The highest BCUT2D eigenvalue weighted by molar-refractivity contribution is 5.91. The average molecular weight is 481 g/mol. The summed E-state index contributed by atoms with van der Waals surface area (Å²) in [6.07, 6.45) is 7.28. The van der Waals surface area contributed by atoms with Crippen molar-refractivity contribution in [2.75, 3.05) is 7.11 Å². The summed E-state index contributed by atoms with van der Waals surface area (Å²) in [5.41, 5.74) is 2.52. The van der Waals surface area contributed by atoms with Gasteiger partial charge in [-0.1, -0.05) is 81.1 Å². The third-order valence-corrected chi connectivity index (χ3v) is 6.42. The van der Waals surface area contributed by atoms with Crippen LogP contribution in [0.5, 0.6) is 5.75 Å². The van der Waals surface area contributed by atoms with Gasteiger partial charge in [-0.2, -0.15) is 4.39 Å². The standard InChI is InChI=1S/C30H28F4O/c1-3-4-5-6-7-8-19-9-11-20(12-10-19)21-13-15-23-22(17-21)14-16-24(27(23)32)25-18-26(31)30(35-2)29(34)28(25)33/h9-18H,3-8H2,1-2H3. The van der Waals surface area contributed by atoms with Gasteiger partial charge in [-0.25, -0.2) is 13.2 Å². The summed E-state index contributed by atoms with van der Waals surface area (Å²) >= 11 is 0. The monoisotopic (exact) mass is 480 g/mol. The Morgan fingerprint density at radius 3 is 2.09 bits per heavy atom. The van der Waals surface area contributed by atoms with E-state index in [0.29, 0.717) is 5.39 Å². The molecular weight excluding hydrogens is 452 g/mol. The van der Waals surface area contributed by atoms with E-state index in [1.54, 1.807) is 18.2 Å². The minimum atomic E-state index is -1.48. The van der Waals surface area contributed by atoms with Crippen molar-refractivity contribution in [3.63, 3.8) is 0 Å². The van der Waals surface area contributed by atoms with Gasteiger partial charge in [0, 0.05) is 16.5 Å². The van der Waals surface area contributed by atoms with Crippen LogP contribution in [-0.2, 0) is 6.42 Å². The normalized spacial score (nSPS) is 11.3. The Kier molecular flexibility index (Phi) is 7.74. The van der Waals surface area contributed by atoms with Crippen LogP contribution in [0.1, 0.15) is 44.6 Å². The van der Waals surface area contributed by atoms with Crippen LogP contribution in [0.2, 0.25) is 0 Å². The Labute approximate surface area is 203 Å². The lowest BCUT2D eigenvalue weighted by Crippen LogP contribution is -2.00. The molecule has 0 aliphatic heterocycles. The molecule has 0 aromatic heterocycles. The number of benzene rings is 4. The molecule has 0 aliphatic carbocycles. The van der Waals surface area contributed by atoms with Crippen molar-refractivity contribution in [2.45, 2.75) is 45.4 Å². The molecule has 35 heavy (non-hydrogen) atoms. The molecule has 4 aromatic carbocycles. The first-order valence-corrected chi connectivity index (χ1v) is 12.0. The lowest BCUT2D eigenvalue weighted by atomic mass is 9.95. The van der Waals surface area contributed by atoms with Crippen molar-refractivity contribution in [3.05, 3.63) is 89.5 Å². The maximum atomic E-state index is 15.3. The lowest BCUT2D eigenvalue weighted by molar-refractivity contribution is 0.347. The molecule has 0 atom stereocenters. The Morgan fingerprint density at radius 2 is 1.37 bits per heavy atom. The molecule has 1 nitrogen and oxygen atoms in total. The molecule has 0 radical (unpaired) electrons. The Hall–Kier alpha value is -3.34. The molecular formula is C30H28F4O. The van der Waals surface area contributed by atoms with E-state index < -0.39 is 34.6 Å². The van der Waals surface area contributed by atoms with Crippen LogP contribution in [0, 0.1) is 23.3 Å². The first-order valence-electron chi connectivity index (χ1n) is 12.0. The second-order valence-electron chi connectivity index (χ2n) is 8.79. The maximum absolute atomic E-state index is 15.3. The molecule has 0 heterocycles. The third kappa shape index (κ3) is 5.19. The first kappa shape index (κ1) is 24.8. The SMILES string of the molecule is CCCCCCCc1ccc(-c2ccc3c(F)c(-c4cc(F)c(OC)c(F)c4F)ccc3c2)cc1. The minimum Gasteiger partial charge on any atom is -0.491 e. The molecule has 0 aliphatic rings. The van der Waals surface area contributed by atoms with Crippen LogP contribution >= 0.6 is 0 Å². The number of ether oxygens (including phenoxy) is 1. The van der Waals surface area contributed by atoms with E-state index in [-0.39, 0.29) is 10.9 Å². The predicted molar refractivity (Wildman–Crippen MR) is 134 cm³/mol. The Bertz CT molecular complexity index is 1330. The Balaban J connectivity index is 1.60. The molecule has 0 bridgehead atoms. The molecule has 0 unspecified atom stereocenters. The summed E-state index contributed by atoms with van der Waals surface area (Å²) < 4.78 is 62.8. The second-order valence-corrected chi connectivity index (χ2v) is 8.79. The zero-order chi connectivity index (χ0) is 24.9. The fourth-order valence-electron chi connectivity index (χ4n) is 4.44. The number of fused-ring (bicyclic) bond motifs is 1. The molecule has 5 heteroatoms. The molecule has 0 saturated heterocycles. The van der Waals surface area contributed by atoms with Crippen LogP contribution in [0.4, 0.5) is 17.6 Å². The van der Waals surface area contributed by atoms with E-state index in [9.17, 15) is 13.2 Å². The summed E-state index contributed by atoms with van der Waals surface area (Å²) in [6, 6.07) is 17.3. The number of unbranched alkanes of at least 4 members (excludes halogenated alkanes) is 4. The van der Waals surface area contributed by atoms with E-state index in [1.165, 1.54) is 43.7 Å². The topological polar surface area (TPSA) is 9.23 Å². The average Bonchev–Trinajstić information content (AvgIpc) is 2.87. The molecule has 4 rings (SSSR count). The van der Waals surface area contributed by atoms with Gasteiger partial charge >= 0.3 is 0 Å². The smallest absolute Gasteiger partial charge is 0.204 e. The van der Waals surface area contributed by atoms with Crippen LogP contribution < -0.4 is 4.74 Å². The van der Waals surface area contributed by atoms with Gasteiger partial charge < -0.3 is 4.74 Å². The summed E-state index contributed by atoms with van der Waals surface area (Å²) in [5.74, 6) is -5.51. The van der Waals surface area contributed by atoms with Crippen LogP contribution in [0.15, 0.2) is 60.7 Å². The minimum absolute atomic E-state index is 0.216. The number of hydrogen-bond acceptors (Lipinski definition) is 1. The molecule has 4 aromatic rings. The van der Waals surface area contributed by atoms with Gasteiger partial charge in [0.05, 0.1) is 7.11 Å². The van der Waals surface area contributed by atoms with E-state index >= 15 is 4.39 Å². The highest BCUT2D eigenvalue weighted by Gasteiger charge is 2.23. The summed E-state index contributed by atoms with van der Waals surface area (Å²) in [6.45, 7) is 2.21. The maximum Gasteiger partial charge on any atom is 0.204 e. The summed E-state index contributed by atoms with van der Waals surface area (Å²) in [4.78, 5) is 0. The van der Waals surface area contributed by atoms with Gasteiger partial charge in [0.2, 0.25) is 5.82 Å². The second kappa shape index (κ2) is 10.9. The van der Waals surface area contributed by atoms with Gasteiger partial charge in [-0.05, 0) is 47.1 Å². The quantitative estimate of drug-likeness (QED) is 0.132. The predicted octanol–water partition coefficient (Wildman–Crippen LogP) is 9.25. The zero-order valence-corrected chi connectivity index (χ0v) is 19.9. The molecule has 0 fully saturated rings. The third-order valence-electron chi connectivity index (χ3n) is 6.42.